The first kappa shape index (κ1) is 13.9. The van der Waals surface area contributed by atoms with Gasteiger partial charge in [-0.25, -0.2) is 0 Å². The monoisotopic (exact) mass is 280 g/mol. The van der Waals surface area contributed by atoms with Gasteiger partial charge >= 0.3 is 0 Å². The molecule has 0 aromatic rings. The second kappa shape index (κ2) is 5.02. The lowest BCUT2D eigenvalue weighted by Crippen LogP contribution is -2.47. The molecule has 5 nitrogen and oxygen atoms in total. The van der Waals surface area contributed by atoms with Gasteiger partial charge < -0.3 is 14.9 Å². The van der Waals surface area contributed by atoms with E-state index in [-0.39, 0.29) is 17.7 Å². The van der Waals surface area contributed by atoms with Gasteiger partial charge in [-0.05, 0) is 38.5 Å². The number of aliphatic hydroxyl groups is 1. The first-order chi connectivity index (χ1) is 9.44. The van der Waals surface area contributed by atoms with Crippen LogP contribution in [0.3, 0.4) is 0 Å². The molecule has 1 unspecified atom stereocenters. The lowest BCUT2D eigenvalue weighted by Gasteiger charge is -2.36. The predicted octanol–water partition coefficient (Wildman–Crippen LogP) is 0.618. The Hall–Kier alpha value is -1.10. The zero-order valence-electron chi connectivity index (χ0n) is 12.2. The van der Waals surface area contributed by atoms with Crippen molar-refractivity contribution in [1.82, 2.24) is 9.80 Å². The quantitative estimate of drug-likeness (QED) is 0.824. The Kier molecular flexibility index (Phi) is 3.48. The van der Waals surface area contributed by atoms with Crippen LogP contribution >= 0.6 is 0 Å². The van der Waals surface area contributed by atoms with Gasteiger partial charge in [-0.15, -0.1) is 0 Å². The van der Waals surface area contributed by atoms with E-state index in [0.29, 0.717) is 44.8 Å². The molecule has 5 heteroatoms. The van der Waals surface area contributed by atoms with Crippen LogP contribution in [0.1, 0.15) is 39.0 Å². The van der Waals surface area contributed by atoms with Crippen LogP contribution in [0.2, 0.25) is 0 Å². The molecular formula is C15H24N2O3. The third kappa shape index (κ3) is 2.97. The topological polar surface area (TPSA) is 60.9 Å². The van der Waals surface area contributed by atoms with E-state index < -0.39 is 5.60 Å². The number of rotatable bonds is 3. The lowest BCUT2D eigenvalue weighted by atomic mass is 9.93. The molecule has 2 saturated heterocycles. The number of piperidine rings is 1. The molecule has 2 amide bonds. The van der Waals surface area contributed by atoms with Gasteiger partial charge in [0.2, 0.25) is 11.8 Å². The van der Waals surface area contributed by atoms with E-state index in [4.69, 9.17) is 0 Å². The summed E-state index contributed by atoms with van der Waals surface area (Å²) in [5.41, 5.74) is -0.639. The van der Waals surface area contributed by atoms with Gasteiger partial charge in [0.15, 0.2) is 0 Å². The standard InChI is InChI=1S/C15H24N2O3/c1-15(20)4-6-16(7-5-15)14(19)12-8-13(18)17(10-12)9-11-2-3-11/h11-12,20H,2-10H2,1H3. The maximum Gasteiger partial charge on any atom is 0.227 e. The summed E-state index contributed by atoms with van der Waals surface area (Å²) < 4.78 is 0. The fraction of sp³-hybridized carbons (Fsp3) is 0.867. The fourth-order valence-electron chi connectivity index (χ4n) is 3.19. The zero-order valence-corrected chi connectivity index (χ0v) is 12.2. The van der Waals surface area contributed by atoms with Crippen LogP contribution in [0, 0.1) is 11.8 Å². The number of likely N-dealkylation sites (tertiary alicyclic amines) is 2. The molecule has 2 heterocycles. The van der Waals surface area contributed by atoms with E-state index in [1.165, 1.54) is 12.8 Å². The maximum atomic E-state index is 12.5. The summed E-state index contributed by atoms with van der Waals surface area (Å²) in [6.45, 7) is 4.49. The van der Waals surface area contributed by atoms with Crippen molar-refractivity contribution in [2.45, 2.75) is 44.6 Å². The summed E-state index contributed by atoms with van der Waals surface area (Å²) in [6.07, 6.45) is 4.09. The Morgan fingerprint density at radius 1 is 1.35 bits per heavy atom. The summed E-state index contributed by atoms with van der Waals surface area (Å²) in [5.74, 6) is 0.758. The highest BCUT2D eigenvalue weighted by Crippen LogP contribution is 2.32. The van der Waals surface area contributed by atoms with Crippen LogP contribution in [-0.2, 0) is 9.59 Å². The fourth-order valence-corrected chi connectivity index (χ4v) is 3.19. The highest BCUT2D eigenvalue weighted by atomic mass is 16.3. The van der Waals surface area contributed by atoms with Crippen LogP contribution in [0.5, 0.6) is 0 Å². The van der Waals surface area contributed by atoms with Gasteiger partial charge in [-0.1, -0.05) is 0 Å². The lowest BCUT2D eigenvalue weighted by molar-refractivity contribution is -0.139. The van der Waals surface area contributed by atoms with E-state index in [9.17, 15) is 14.7 Å². The smallest absolute Gasteiger partial charge is 0.227 e. The number of hydrogen-bond acceptors (Lipinski definition) is 3. The molecule has 3 fully saturated rings. The molecule has 0 bridgehead atoms. The molecule has 1 saturated carbocycles. The Labute approximate surface area is 119 Å². The number of carbonyl (C=O) groups excluding carboxylic acids is 2. The van der Waals surface area contributed by atoms with Crippen molar-refractivity contribution in [3.05, 3.63) is 0 Å². The van der Waals surface area contributed by atoms with Gasteiger partial charge in [-0.3, -0.25) is 9.59 Å². The molecule has 0 radical (unpaired) electrons. The predicted molar refractivity (Wildman–Crippen MR) is 73.8 cm³/mol. The molecule has 1 atom stereocenters. The first-order valence-electron chi connectivity index (χ1n) is 7.73. The average Bonchev–Trinajstić information content (AvgIpc) is 3.13. The molecule has 1 N–H and O–H groups in total. The highest BCUT2D eigenvalue weighted by molar-refractivity contribution is 5.89. The van der Waals surface area contributed by atoms with Crippen molar-refractivity contribution in [3.63, 3.8) is 0 Å². The van der Waals surface area contributed by atoms with Crippen molar-refractivity contribution in [1.29, 1.82) is 0 Å². The molecule has 1 aliphatic carbocycles. The number of carbonyl (C=O) groups is 2. The van der Waals surface area contributed by atoms with E-state index in [2.05, 4.69) is 0 Å². The summed E-state index contributed by atoms with van der Waals surface area (Å²) in [4.78, 5) is 28.1. The first-order valence-corrected chi connectivity index (χ1v) is 7.73. The van der Waals surface area contributed by atoms with Gasteiger partial charge in [0.25, 0.3) is 0 Å². The van der Waals surface area contributed by atoms with Gasteiger partial charge in [0.05, 0.1) is 11.5 Å². The summed E-state index contributed by atoms with van der Waals surface area (Å²) in [6, 6.07) is 0. The van der Waals surface area contributed by atoms with Crippen molar-refractivity contribution in [2.24, 2.45) is 11.8 Å². The number of nitrogens with zero attached hydrogens (tertiary/aromatic N) is 2. The Bertz CT molecular complexity index is 407. The SMILES string of the molecule is CC1(O)CCN(C(=O)C2CC(=O)N(CC3CC3)C2)CC1. The van der Waals surface area contributed by atoms with Crippen molar-refractivity contribution < 1.29 is 14.7 Å². The molecule has 20 heavy (non-hydrogen) atoms. The van der Waals surface area contributed by atoms with E-state index >= 15 is 0 Å². The normalized spacial score (nSPS) is 29.9. The zero-order chi connectivity index (χ0) is 14.3. The molecule has 3 rings (SSSR count). The Morgan fingerprint density at radius 2 is 2.00 bits per heavy atom. The Balaban J connectivity index is 1.54. The summed E-state index contributed by atoms with van der Waals surface area (Å²) >= 11 is 0. The van der Waals surface area contributed by atoms with Gasteiger partial charge in [0, 0.05) is 32.6 Å². The number of hydrogen-bond donors (Lipinski definition) is 1. The minimum atomic E-state index is -0.639. The minimum Gasteiger partial charge on any atom is -0.390 e. The third-order valence-corrected chi connectivity index (χ3v) is 4.89. The average molecular weight is 280 g/mol. The second-order valence-electron chi connectivity index (χ2n) is 6.97. The summed E-state index contributed by atoms with van der Waals surface area (Å²) in [5, 5.41) is 9.93. The summed E-state index contributed by atoms with van der Waals surface area (Å²) in [7, 11) is 0. The molecule has 0 aromatic heterocycles. The van der Waals surface area contributed by atoms with E-state index in [0.717, 1.165) is 6.54 Å². The minimum absolute atomic E-state index is 0.104. The second-order valence-corrected chi connectivity index (χ2v) is 6.97. The molecule has 2 aliphatic heterocycles. The molecular weight excluding hydrogens is 256 g/mol. The van der Waals surface area contributed by atoms with Crippen LogP contribution in [0.4, 0.5) is 0 Å². The Morgan fingerprint density at radius 3 is 2.60 bits per heavy atom. The van der Waals surface area contributed by atoms with Gasteiger partial charge in [-0.2, -0.15) is 0 Å². The van der Waals surface area contributed by atoms with Crippen LogP contribution in [-0.4, -0.2) is 58.5 Å². The number of amides is 2. The largest absolute Gasteiger partial charge is 0.390 e. The van der Waals surface area contributed by atoms with Crippen molar-refractivity contribution in [3.8, 4) is 0 Å². The van der Waals surface area contributed by atoms with Crippen molar-refractivity contribution in [2.75, 3.05) is 26.2 Å². The highest BCUT2D eigenvalue weighted by Gasteiger charge is 2.40. The van der Waals surface area contributed by atoms with E-state index in [1.54, 1.807) is 0 Å². The molecule has 112 valence electrons. The molecule has 0 aromatic carbocycles. The molecule has 0 spiro atoms. The third-order valence-electron chi connectivity index (χ3n) is 4.89. The maximum absolute atomic E-state index is 12.5. The van der Waals surface area contributed by atoms with E-state index in [1.807, 2.05) is 16.7 Å². The van der Waals surface area contributed by atoms with Crippen molar-refractivity contribution >= 4 is 11.8 Å². The van der Waals surface area contributed by atoms with Crippen LogP contribution in [0.25, 0.3) is 0 Å². The van der Waals surface area contributed by atoms with Crippen LogP contribution in [0.15, 0.2) is 0 Å². The van der Waals surface area contributed by atoms with Gasteiger partial charge in [0.1, 0.15) is 0 Å². The molecule has 3 aliphatic rings. The van der Waals surface area contributed by atoms with Crippen LogP contribution < -0.4 is 0 Å².